The molecule has 9 nitrogen and oxygen atoms in total. The number of hydrogen-bond acceptors (Lipinski definition) is 8. The lowest BCUT2D eigenvalue weighted by Crippen LogP contribution is -2.43. The zero-order valence-electron chi connectivity index (χ0n) is 21.2. The Bertz CT molecular complexity index is 1230. The molecular weight excluding hydrogens is 486 g/mol. The van der Waals surface area contributed by atoms with Crippen molar-refractivity contribution >= 4 is 24.2 Å². The number of imide groups is 1. The van der Waals surface area contributed by atoms with Crippen LogP contribution in [0.15, 0.2) is 65.3 Å². The van der Waals surface area contributed by atoms with Gasteiger partial charge in [-0.1, -0.05) is 42.5 Å². The maximum atomic E-state index is 12.7. The summed E-state index contributed by atoms with van der Waals surface area (Å²) in [5.74, 6) is 0.967. The summed E-state index contributed by atoms with van der Waals surface area (Å²) in [6, 6.07) is 17.6. The van der Waals surface area contributed by atoms with Gasteiger partial charge in [-0.15, -0.1) is 0 Å². The minimum absolute atomic E-state index is 0.256. The third kappa shape index (κ3) is 6.87. The van der Waals surface area contributed by atoms with E-state index in [1.54, 1.807) is 6.26 Å². The van der Waals surface area contributed by atoms with E-state index in [0.717, 1.165) is 24.2 Å². The molecule has 0 bridgehead atoms. The van der Waals surface area contributed by atoms with Gasteiger partial charge < -0.3 is 18.6 Å². The number of nitrogens with zero attached hydrogens (tertiary/aromatic N) is 3. The van der Waals surface area contributed by atoms with Gasteiger partial charge in [-0.3, -0.25) is 9.69 Å². The number of cyclic esters (lactones) is 1. The van der Waals surface area contributed by atoms with Crippen LogP contribution in [0.2, 0.25) is 0 Å². The van der Waals surface area contributed by atoms with Crippen molar-refractivity contribution < 1.29 is 28.2 Å². The maximum absolute atomic E-state index is 12.7. The van der Waals surface area contributed by atoms with E-state index in [2.05, 4.69) is 9.88 Å². The molecule has 5 rings (SSSR count). The lowest BCUT2D eigenvalue weighted by Gasteiger charge is -2.27. The van der Waals surface area contributed by atoms with E-state index in [9.17, 15) is 9.59 Å². The molecule has 2 aliphatic rings. The first-order chi connectivity index (χ1) is 18.6. The quantitative estimate of drug-likeness (QED) is 0.376. The van der Waals surface area contributed by atoms with Gasteiger partial charge in [0.15, 0.2) is 6.10 Å². The minimum Gasteiger partial charge on any atom is -0.487 e. The van der Waals surface area contributed by atoms with Gasteiger partial charge in [-0.05, 0) is 42.2 Å². The van der Waals surface area contributed by atoms with Crippen LogP contribution >= 0.6 is 0 Å². The number of carbonyl (C=O) groups excluding carboxylic acids is 2. The second-order valence-electron chi connectivity index (χ2n) is 9.21. The van der Waals surface area contributed by atoms with Crippen molar-refractivity contribution in [1.29, 1.82) is 0 Å². The van der Waals surface area contributed by atoms with Crippen molar-refractivity contribution in [2.75, 3.05) is 39.4 Å². The van der Waals surface area contributed by atoms with Gasteiger partial charge in [0.25, 0.3) is 5.91 Å². The third-order valence-corrected chi connectivity index (χ3v) is 6.54. The third-order valence-electron chi connectivity index (χ3n) is 6.54. The van der Waals surface area contributed by atoms with E-state index in [1.165, 1.54) is 4.90 Å². The highest BCUT2D eigenvalue weighted by molar-refractivity contribution is 6.00. The van der Waals surface area contributed by atoms with Crippen LogP contribution in [0, 0.1) is 0 Å². The van der Waals surface area contributed by atoms with Crippen LogP contribution < -0.4 is 4.74 Å². The maximum Gasteiger partial charge on any atom is 0.417 e. The molecule has 2 saturated heterocycles. The van der Waals surface area contributed by atoms with Gasteiger partial charge in [0.05, 0.1) is 13.2 Å². The predicted molar refractivity (Wildman–Crippen MR) is 140 cm³/mol. The Morgan fingerprint density at radius 1 is 0.974 bits per heavy atom. The number of amides is 2. The summed E-state index contributed by atoms with van der Waals surface area (Å²) in [7, 11) is 0. The molecule has 38 heavy (non-hydrogen) atoms. The lowest BCUT2D eigenvalue weighted by atomic mass is 10.1. The second-order valence-corrected chi connectivity index (χ2v) is 9.21. The molecule has 2 amide bonds. The van der Waals surface area contributed by atoms with Gasteiger partial charge in [0, 0.05) is 32.3 Å². The van der Waals surface area contributed by atoms with Gasteiger partial charge in [-0.25, -0.2) is 14.7 Å². The number of aromatic nitrogens is 1. The SMILES string of the molecule is O=C1OC(CCc2ccc(OCc3coc(/C=C/c4ccccc4)n3)cc2)C(=O)N1CCN1CCOCC1. The Morgan fingerprint density at radius 2 is 1.76 bits per heavy atom. The van der Waals surface area contributed by atoms with Gasteiger partial charge in [-0.2, -0.15) is 0 Å². The fourth-order valence-electron chi connectivity index (χ4n) is 4.35. The van der Waals surface area contributed by atoms with E-state index in [0.29, 0.717) is 56.5 Å². The first kappa shape index (κ1) is 25.7. The number of oxazole rings is 1. The van der Waals surface area contributed by atoms with Crippen molar-refractivity contribution in [3.05, 3.63) is 83.6 Å². The zero-order valence-corrected chi connectivity index (χ0v) is 21.2. The summed E-state index contributed by atoms with van der Waals surface area (Å²) < 4.78 is 22.0. The smallest absolute Gasteiger partial charge is 0.417 e. The average molecular weight is 518 g/mol. The Labute approximate surface area is 221 Å². The average Bonchev–Trinajstić information content (AvgIpc) is 3.53. The highest BCUT2D eigenvalue weighted by Crippen LogP contribution is 2.20. The van der Waals surface area contributed by atoms with Crippen molar-refractivity contribution in [1.82, 2.24) is 14.8 Å². The molecule has 9 heteroatoms. The predicted octanol–water partition coefficient (Wildman–Crippen LogP) is 4.04. The van der Waals surface area contributed by atoms with E-state index < -0.39 is 12.2 Å². The fraction of sp³-hybridized carbons (Fsp3) is 0.345. The van der Waals surface area contributed by atoms with E-state index >= 15 is 0 Å². The Balaban J connectivity index is 1.05. The topological polar surface area (TPSA) is 94.3 Å². The number of rotatable bonds is 11. The Morgan fingerprint density at radius 3 is 2.55 bits per heavy atom. The van der Waals surface area contributed by atoms with Gasteiger partial charge >= 0.3 is 6.09 Å². The molecule has 3 heterocycles. The first-order valence-electron chi connectivity index (χ1n) is 12.9. The summed E-state index contributed by atoms with van der Waals surface area (Å²) in [6.07, 6.45) is 5.12. The zero-order chi connectivity index (χ0) is 26.2. The van der Waals surface area contributed by atoms with Crippen molar-refractivity contribution in [3.8, 4) is 5.75 Å². The van der Waals surface area contributed by atoms with E-state index in [-0.39, 0.29) is 12.5 Å². The lowest BCUT2D eigenvalue weighted by molar-refractivity contribution is -0.130. The summed E-state index contributed by atoms with van der Waals surface area (Å²) in [5, 5.41) is 0. The van der Waals surface area contributed by atoms with Crippen molar-refractivity contribution in [3.63, 3.8) is 0 Å². The highest BCUT2D eigenvalue weighted by atomic mass is 16.6. The number of hydrogen-bond donors (Lipinski definition) is 0. The normalized spacial score (nSPS) is 18.3. The van der Waals surface area contributed by atoms with Crippen LogP contribution in [0.3, 0.4) is 0 Å². The molecule has 2 aromatic carbocycles. The standard InChI is InChI=1S/C29H31N3O6/c33-28-26(38-29(34)32(28)15-14-31-16-18-35-19-17-31)12-8-23-6-10-25(11-7-23)36-20-24-21-37-27(30-24)13-9-22-4-2-1-3-5-22/h1-7,9-11,13,21,26H,8,12,14-20H2/b13-9+. The first-order valence-corrected chi connectivity index (χ1v) is 12.9. The largest absolute Gasteiger partial charge is 0.487 e. The molecule has 198 valence electrons. The number of ether oxygens (including phenoxy) is 3. The van der Waals surface area contributed by atoms with Crippen LogP contribution in [0.4, 0.5) is 4.79 Å². The molecule has 0 spiro atoms. The van der Waals surface area contributed by atoms with E-state index in [1.807, 2.05) is 66.7 Å². The van der Waals surface area contributed by atoms with Gasteiger partial charge in [0.1, 0.15) is 24.3 Å². The van der Waals surface area contributed by atoms with Crippen molar-refractivity contribution in [2.24, 2.45) is 0 Å². The molecule has 2 fully saturated rings. The number of morpholine rings is 1. The second kappa shape index (κ2) is 12.5. The summed E-state index contributed by atoms with van der Waals surface area (Å²) in [5.41, 5.74) is 2.80. The molecule has 0 N–H and O–H groups in total. The highest BCUT2D eigenvalue weighted by Gasteiger charge is 2.40. The number of carbonyl (C=O) groups is 2. The summed E-state index contributed by atoms with van der Waals surface area (Å²) in [6.45, 7) is 4.25. The molecule has 0 saturated carbocycles. The van der Waals surface area contributed by atoms with Crippen LogP contribution in [0.5, 0.6) is 5.75 Å². The molecule has 3 aromatic rings. The van der Waals surface area contributed by atoms with Crippen LogP contribution in [0.1, 0.15) is 29.1 Å². The fourth-order valence-corrected chi connectivity index (χ4v) is 4.35. The van der Waals surface area contributed by atoms with Crippen LogP contribution in [-0.4, -0.2) is 72.3 Å². The molecular formula is C29H31N3O6. The molecule has 1 unspecified atom stereocenters. The summed E-state index contributed by atoms with van der Waals surface area (Å²) in [4.78, 5) is 32.8. The van der Waals surface area contributed by atoms with Crippen LogP contribution in [-0.2, 0) is 27.3 Å². The number of benzene rings is 2. The number of aryl methyl sites for hydroxylation is 1. The summed E-state index contributed by atoms with van der Waals surface area (Å²) >= 11 is 0. The Kier molecular flexibility index (Phi) is 8.47. The molecule has 0 radical (unpaired) electrons. The molecule has 1 aromatic heterocycles. The van der Waals surface area contributed by atoms with Crippen molar-refractivity contribution in [2.45, 2.75) is 25.6 Å². The molecule has 0 aliphatic carbocycles. The van der Waals surface area contributed by atoms with Gasteiger partial charge in [0.2, 0.25) is 5.89 Å². The minimum atomic E-state index is -0.736. The monoisotopic (exact) mass is 517 g/mol. The Hall–Kier alpha value is -3.95. The van der Waals surface area contributed by atoms with Crippen LogP contribution in [0.25, 0.3) is 12.2 Å². The van der Waals surface area contributed by atoms with E-state index in [4.69, 9.17) is 18.6 Å². The molecule has 2 aliphatic heterocycles. The molecule has 1 atom stereocenters.